The molecular formula is C25H38O7. The average molecular weight is 451 g/mol. The Labute approximate surface area is 191 Å². The molecule has 1 aromatic rings. The van der Waals surface area contributed by atoms with E-state index in [9.17, 15) is 19.8 Å². The fourth-order valence-corrected chi connectivity index (χ4v) is 4.66. The van der Waals surface area contributed by atoms with E-state index in [0.29, 0.717) is 25.0 Å². The highest BCUT2D eigenvalue weighted by molar-refractivity contribution is 5.66. The van der Waals surface area contributed by atoms with Gasteiger partial charge in [0.1, 0.15) is 12.2 Å². The number of carbonyl (C=O) groups is 2. The van der Waals surface area contributed by atoms with Crippen LogP contribution in [-0.2, 0) is 25.5 Å². The first-order valence-corrected chi connectivity index (χ1v) is 11.6. The van der Waals surface area contributed by atoms with Gasteiger partial charge in [0.15, 0.2) is 11.5 Å². The molecule has 0 spiro atoms. The third-order valence-corrected chi connectivity index (χ3v) is 6.25. The van der Waals surface area contributed by atoms with Crippen LogP contribution in [0.3, 0.4) is 0 Å². The van der Waals surface area contributed by atoms with Crippen molar-refractivity contribution in [2.45, 2.75) is 83.8 Å². The Bertz CT molecular complexity index is 733. The van der Waals surface area contributed by atoms with Crippen molar-refractivity contribution in [2.24, 2.45) is 11.8 Å². The first kappa shape index (κ1) is 26.0. The molecule has 32 heavy (non-hydrogen) atoms. The van der Waals surface area contributed by atoms with Crippen LogP contribution in [0.5, 0.6) is 11.5 Å². The summed E-state index contributed by atoms with van der Waals surface area (Å²) in [7, 11) is 1.50. The number of hydrogen-bond donors (Lipinski definition) is 2. The van der Waals surface area contributed by atoms with Gasteiger partial charge in [-0.1, -0.05) is 25.3 Å². The van der Waals surface area contributed by atoms with E-state index in [1.807, 2.05) is 6.07 Å². The van der Waals surface area contributed by atoms with Crippen LogP contribution in [0.15, 0.2) is 18.2 Å². The predicted octanol–water partition coefficient (Wildman–Crippen LogP) is 4.17. The van der Waals surface area contributed by atoms with Crippen molar-refractivity contribution in [3.05, 3.63) is 23.8 Å². The lowest BCUT2D eigenvalue weighted by molar-refractivity contribution is -0.156. The number of phenols is 1. The van der Waals surface area contributed by atoms with Crippen molar-refractivity contribution in [3.63, 3.8) is 0 Å². The maximum atomic E-state index is 11.9. The molecule has 2 rings (SSSR count). The van der Waals surface area contributed by atoms with Gasteiger partial charge in [-0.2, -0.15) is 0 Å². The van der Waals surface area contributed by atoms with Crippen molar-refractivity contribution < 1.29 is 34.0 Å². The summed E-state index contributed by atoms with van der Waals surface area (Å²) in [6.45, 7) is 2.93. The fourth-order valence-electron chi connectivity index (χ4n) is 4.66. The van der Waals surface area contributed by atoms with Crippen LogP contribution in [0.1, 0.15) is 70.8 Å². The van der Waals surface area contributed by atoms with E-state index in [0.717, 1.165) is 44.1 Å². The Hall–Kier alpha value is -2.28. The van der Waals surface area contributed by atoms with Gasteiger partial charge in [-0.3, -0.25) is 9.59 Å². The SMILES string of the molecule is COc1cc(CC[C@H](C[C@@H](OC(C)=O)[C@@H]2CCCCC[C@H](CO)C2)OC(C)=O)ccc1O. The molecular weight excluding hydrogens is 412 g/mol. The first-order chi connectivity index (χ1) is 15.3. The molecule has 1 aliphatic rings. The zero-order valence-electron chi connectivity index (χ0n) is 19.5. The number of esters is 2. The highest BCUT2D eigenvalue weighted by atomic mass is 16.6. The first-order valence-electron chi connectivity index (χ1n) is 11.6. The number of ether oxygens (including phenoxy) is 3. The number of aryl methyl sites for hydroxylation is 1. The number of rotatable bonds is 10. The van der Waals surface area contributed by atoms with Gasteiger partial charge in [0.2, 0.25) is 0 Å². The Balaban J connectivity index is 2.13. The summed E-state index contributed by atoms with van der Waals surface area (Å²) in [6.07, 6.45) is 6.82. The Morgan fingerprint density at radius 1 is 1.09 bits per heavy atom. The summed E-state index contributed by atoms with van der Waals surface area (Å²) in [5.41, 5.74) is 0.951. The van der Waals surface area contributed by atoms with Gasteiger partial charge >= 0.3 is 11.9 Å². The molecule has 1 saturated carbocycles. The normalized spacial score (nSPS) is 21.0. The summed E-state index contributed by atoms with van der Waals surface area (Å²) in [5.74, 6) is 0.0886. The largest absolute Gasteiger partial charge is 0.504 e. The zero-order chi connectivity index (χ0) is 23.5. The van der Waals surface area contributed by atoms with E-state index in [2.05, 4.69) is 0 Å². The highest BCUT2D eigenvalue weighted by Crippen LogP contribution is 2.33. The predicted molar refractivity (Wildman–Crippen MR) is 120 cm³/mol. The summed E-state index contributed by atoms with van der Waals surface area (Å²) >= 11 is 0. The van der Waals surface area contributed by atoms with Crippen molar-refractivity contribution >= 4 is 11.9 Å². The Kier molecular flexibility index (Phi) is 10.8. The summed E-state index contributed by atoms with van der Waals surface area (Å²) in [4.78, 5) is 23.6. The quantitative estimate of drug-likeness (QED) is 0.516. The lowest BCUT2D eigenvalue weighted by Gasteiger charge is -2.33. The summed E-state index contributed by atoms with van der Waals surface area (Å²) in [5, 5.41) is 19.6. The minimum Gasteiger partial charge on any atom is -0.504 e. The summed E-state index contributed by atoms with van der Waals surface area (Å²) in [6, 6.07) is 5.16. The Morgan fingerprint density at radius 3 is 2.47 bits per heavy atom. The second-order valence-corrected chi connectivity index (χ2v) is 8.84. The molecule has 4 atom stereocenters. The smallest absolute Gasteiger partial charge is 0.302 e. The minimum atomic E-state index is -0.408. The van der Waals surface area contributed by atoms with E-state index >= 15 is 0 Å². The average Bonchev–Trinajstić information content (AvgIpc) is 2.72. The Morgan fingerprint density at radius 2 is 1.81 bits per heavy atom. The van der Waals surface area contributed by atoms with Crippen molar-refractivity contribution in [1.29, 1.82) is 0 Å². The lowest BCUT2D eigenvalue weighted by Crippen LogP contribution is -2.34. The van der Waals surface area contributed by atoms with Crippen LogP contribution >= 0.6 is 0 Å². The van der Waals surface area contributed by atoms with Crippen molar-refractivity contribution in [1.82, 2.24) is 0 Å². The topological polar surface area (TPSA) is 102 Å². The third-order valence-electron chi connectivity index (χ3n) is 6.25. The van der Waals surface area contributed by atoms with E-state index < -0.39 is 6.10 Å². The third kappa shape index (κ3) is 8.69. The maximum Gasteiger partial charge on any atom is 0.302 e. The second-order valence-electron chi connectivity index (χ2n) is 8.84. The van der Waals surface area contributed by atoms with Crippen LogP contribution in [0.4, 0.5) is 0 Å². The second kappa shape index (κ2) is 13.3. The molecule has 0 heterocycles. The molecule has 7 heteroatoms. The molecule has 7 nitrogen and oxygen atoms in total. The van der Waals surface area contributed by atoms with E-state index in [4.69, 9.17) is 14.2 Å². The molecule has 180 valence electrons. The van der Waals surface area contributed by atoms with E-state index in [1.165, 1.54) is 21.0 Å². The van der Waals surface area contributed by atoms with Crippen LogP contribution in [0, 0.1) is 11.8 Å². The molecule has 0 unspecified atom stereocenters. The maximum absolute atomic E-state index is 11.9. The number of hydrogen-bond acceptors (Lipinski definition) is 7. The molecule has 0 amide bonds. The van der Waals surface area contributed by atoms with Gasteiger partial charge in [0.05, 0.1) is 7.11 Å². The van der Waals surface area contributed by atoms with Crippen molar-refractivity contribution in [2.75, 3.05) is 13.7 Å². The fraction of sp³-hybridized carbons (Fsp3) is 0.680. The van der Waals surface area contributed by atoms with Crippen molar-refractivity contribution in [3.8, 4) is 11.5 Å². The number of methoxy groups -OCH3 is 1. The molecule has 0 bridgehead atoms. The minimum absolute atomic E-state index is 0.0745. The molecule has 1 aliphatic carbocycles. The standard InChI is InChI=1S/C25H38O7/c1-17(27)31-22(11-9-19-10-12-23(29)25(14-19)30-3)15-24(32-18(2)28)21-8-6-4-5-7-20(13-21)16-26/h10,12,14,20-22,24,26,29H,4-9,11,13,15-16H2,1-3H3/t20-,21+,22+,24+/m0/s1. The van der Waals surface area contributed by atoms with Gasteiger partial charge < -0.3 is 24.4 Å². The van der Waals surface area contributed by atoms with Crippen LogP contribution < -0.4 is 4.74 Å². The lowest BCUT2D eigenvalue weighted by atomic mass is 9.80. The number of carbonyl (C=O) groups excluding carboxylic acids is 2. The zero-order valence-corrected chi connectivity index (χ0v) is 19.5. The molecule has 0 aliphatic heterocycles. The molecule has 0 aromatic heterocycles. The van der Waals surface area contributed by atoms with Gasteiger partial charge in [-0.15, -0.1) is 0 Å². The van der Waals surface area contributed by atoms with Gasteiger partial charge in [0.25, 0.3) is 0 Å². The number of aromatic hydroxyl groups is 1. The van der Waals surface area contributed by atoms with E-state index in [-0.39, 0.29) is 42.2 Å². The van der Waals surface area contributed by atoms with E-state index in [1.54, 1.807) is 12.1 Å². The molecule has 2 N–H and O–H groups in total. The molecule has 0 saturated heterocycles. The highest BCUT2D eigenvalue weighted by Gasteiger charge is 2.31. The number of benzene rings is 1. The van der Waals surface area contributed by atoms with Crippen LogP contribution in [-0.4, -0.2) is 48.1 Å². The van der Waals surface area contributed by atoms with Crippen LogP contribution in [0.25, 0.3) is 0 Å². The number of aliphatic hydroxyl groups excluding tert-OH is 1. The monoisotopic (exact) mass is 450 g/mol. The molecule has 1 aromatic carbocycles. The van der Waals surface area contributed by atoms with Crippen LogP contribution in [0.2, 0.25) is 0 Å². The molecule has 1 fully saturated rings. The van der Waals surface area contributed by atoms with Gasteiger partial charge in [-0.25, -0.2) is 0 Å². The molecule has 0 radical (unpaired) electrons. The van der Waals surface area contributed by atoms with Gasteiger partial charge in [0, 0.05) is 26.9 Å². The number of aliphatic hydroxyl groups is 1. The summed E-state index contributed by atoms with van der Waals surface area (Å²) < 4.78 is 16.5. The van der Waals surface area contributed by atoms with Gasteiger partial charge in [-0.05, 0) is 61.6 Å². The number of phenolic OH excluding ortho intramolecular Hbond substituents is 1.